The smallest absolute Gasteiger partial charge is 0.305 e. The molecule has 1 aromatic heterocycles. The first-order valence-electron chi connectivity index (χ1n) is 8.99. The minimum Gasteiger partial charge on any atom is -0.493 e. The standard InChI is InChI=1S/C19H27N3O5/c1-5-27-15(23)9-7-6-8-10-20-19-13-11-14(24-2)17(25-3)18(26-4)16(13)21-12-22-19/h11-12H,5-10H2,1-4H3,(H,20,21,22). The van der Waals surface area contributed by atoms with E-state index in [-0.39, 0.29) is 5.97 Å². The molecule has 8 nitrogen and oxygen atoms in total. The Balaban J connectivity index is 2.05. The molecule has 0 bridgehead atoms. The molecular formula is C19H27N3O5. The van der Waals surface area contributed by atoms with Crippen LogP contribution in [0.25, 0.3) is 10.9 Å². The number of carbonyl (C=O) groups is 1. The van der Waals surface area contributed by atoms with Gasteiger partial charge in [0.15, 0.2) is 11.5 Å². The van der Waals surface area contributed by atoms with Crippen molar-refractivity contribution < 1.29 is 23.7 Å². The maximum Gasteiger partial charge on any atom is 0.305 e. The highest BCUT2D eigenvalue weighted by molar-refractivity contribution is 5.96. The number of carbonyl (C=O) groups excluding carboxylic acids is 1. The molecule has 2 rings (SSSR count). The van der Waals surface area contributed by atoms with Crippen LogP contribution < -0.4 is 19.5 Å². The quantitative estimate of drug-likeness (QED) is 0.471. The Bertz CT molecular complexity index is 767. The molecule has 8 heteroatoms. The minimum absolute atomic E-state index is 0.139. The van der Waals surface area contributed by atoms with Crippen LogP contribution in [-0.2, 0) is 9.53 Å². The van der Waals surface area contributed by atoms with Gasteiger partial charge in [-0.1, -0.05) is 6.42 Å². The molecule has 0 fully saturated rings. The van der Waals surface area contributed by atoms with Gasteiger partial charge >= 0.3 is 5.97 Å². The largest absolute Gasteiger partial charge is 0.493 e. The van der Waals surface area contributed by atoms with Crippen molar-refractivity contribution in [1.29, 1.82) is 0 Å². The van der Waals surface area contributed by atoms with Crippen LogP contribution in [0.15, 0.2) is 12.4 Å². The molecule has 0 amide bonds. The minimum atomic E-state index is -0.139. The van der Waals surface area contributed by atoms with Crippen molar-refractivity contribution in [3.8, 4) is 17.2 Å². The van der Waals surface area contributed by atoms with Crippen LogP contribution in [0.4, 0.5) is 5.82 Å². The predicted molar refractivity (Wildman–Crippen MR) is 103 cm³/mol. The number of fused-ring (bicyclic) bond motifs is 1. The molecule has 0 radical (unpaired) electrons. The zero-order chi connectivity index (χ0) is 19.6. The molecule has 1 N–H and O–H groups in total. The Labute approximate surface area is 159 Å². The molecule has 0 aliphatic rings. The molecule has 2 aromatic rings. The molecule has 0 aliphatic heterocycles. The number of nitrogens with one attached hydrogen (secondary N) is 1. The average Bonchev–Trinajstić information content (AvgIpc) is 2.69. The predicted octanol–water partition coefficient (Wildman–Crippen LogP) is 3.19. The van der Waals surface area contributed by atoms with Crippen molar-refractivity contribution in [3.05, 3.63) is 12.4 Å². The van der Waals surface area contributed by atoms with Crippen molar-refractivity contribution >= 4 is 22.7 Å². The summed E-state index contributed by atoms with van der Waals surface area (Å²) in [5.74, 6) is 2.11. The van der Waals surface area contributed by atoms with E-state index < -0.39 is 0 Å². The molecule has 27 heavy (non-hydrogen) atoms. The number of unbranched alkanes of at least 4 members (excludes halogenated alkanes) is 2. The normalized spacial score (nSPS) is 10.5. The average molecular weight is 377 g/mol. The lowest BCUT2D eigenvalue weighted by molar-refractivity contribution is -0.143. The van der Waals surface area contributed by atoms with Gasteiger partial charge in [0.05, 0.1) is 33.3 Å². The third kappa shape index (κ3) is 5.12. The maximum atomic E-state index is 11.3. The van der Waals surface area contributed by atoms with Crippen LogP contribution in [0.3, 0.4) is 0 Å². The van der Waals surface area contributed by atoms with Crippen LogP contribution in [-0.4, -0.2) is 50.4 Å². The highest BCUT2D eigenvalue weighted by Crippen LogP contribution is 2.43. The molecule has 0 atom stereocenters. The first-order chi connectivity index (χ1) is 13.2. The topological polar surface area (TPSA) is 91.8 Å². The summed E-state index contributed by atoms with van der Waals surface area (Å²) in [5, 5.41) is 4.11. The molecule has 0 unspecified atom stereocenters. The van der Waals surface area contributed by atoms with E-state index in [1.54, 1.807) is 21.3 Å². The zero-order valence-electron chi connectivity index (χ0n) is 16.3. The summed E-state index contributed by atoms with van der Waals surface area (Å²) in [4.78, 5) is 20.0. The van der Waals surface area contributed by atoms with Gasteiger partial charge in [0.2, 0.25) is 5.75 Å². The zero-order valence-corrected chi connectivity index (χ0v) is 16.3. The number of nitrogens with zero attached hydrogens (tertiary/aromatic N) is 2. The van der Waals surface area contributed by atoms with E-state index in [1.165, 1.54) is 6.33 Å². The fraction of sp³-hybridized carbons (Fsp3) is 0.526. The van der Waals surface area contributed by atoms with E-state index in [0.717, 1.165) is 31.2 Å². The molecule has 0 aliphatic carbocycles. The monoisotopic (exact) mass is 377 g/mol. The van der Waals surface area contributed by atoms with Crippen molar-refractivity contribution in [2.75, 3.05) is 39.8 Å². The van der Waals surface area contributed by atoms with Gasteiger partial charge in [-0.3, -0.25) is 4.79 Å². The van der Waals surface area contributed by atoms with E-state index >= 15 is 0 Å². The van der Waals surface area contributed by atoms with E-state index in [4.69, 9.17) is 18.9 Å². The molecule has 1 heterocycles. The van der Waals surface area contributed by atoms with Crippen molar-refractivity contribution in [1.82, 2.24) is 9.97 Å². The summed E-state index contributed by atoms with van der Waals surface area (Å²) in [6.07, 6.45) is 4.59. The molecule has 0 spiro atoms. The second-order valence-corrected chi connectivity index (χ2v) is 5.81. The third-order valence-electron chi connectivity index (χ3n) is 4.09. The summed E-state index contributed by atoms with van der Waals surface area (Å²) in [7, 11) is 4.70. The molecule has 0 saturated carbocycles. The fourth-order valence-corrected chi connectivity index (χ4v) is 2.82. The van der Waals surface area contributed by atoms with Crippen LogP contribution in [0.2, 0.25) is 0 Å². The van der Waals surface area contributed by atoms with Gasteiger partial charge < -0.3 is 24.3 Å². The van der Waals surface area contributed by atoms with E-state index in [9.17, 15) is 4.79 Å². The number of aromatic nitrogens is 2. The number of anilines is 1. The number of hydrogen-bond donors (Lipinski definition) is 1. The van der Waals surface area contributed by atoms with Gasteiger partial charge in [0, 0.05) is 13.0 Å². The number of methoxy groups -OCH3 is 3. The first-order valence-corrected chi connectivity index (χ1v) is 8.99. The highest BCUT2D eigenvalue weighted by Gasteiger charge is 2.19. The third-order valence-corrected chi connectivity index (χ3v) is 4.09. The number of rotatable bonds is 11. The molecule has 148 valence electrons. The Hall–Kier alpha value is -2.77. The Morgan fingerprint density at radius 1 is 1.04 bits per heavy atom. The van der Waals surface area contributed by atoms with Gasteiger partial charge in [-0.05, 0) is 25.8 Å². The number of benzene rings is 1. The van der Waals surface area contributed by atoms with Crippen LogP contribution >= 0.6 is 0 Å². The van der Waals surface area contributed by atoms with Gasteiger partial charge in [0.1, 0.15) is 17.7 Å². The second-order valence-electron chi connectivity index (χ2n) is 5.81. The van der Waals surface area contributed by atoms with Crippen molar-refractivity contribution in [3.63, 3.8) is 0 Å². The molecular weight excluding hydrogens is 350 g/mol. The number of ether oxygens (including phenoxy) is 4. The Kier molecular flexibility index (Phi) is 7.91. The lowest BCUT2D eigenvalue weighted by atomic mass is 10.1. The highest BCUT2D eigenvalue weighted by atomic mass is 16.5. The summed E-state index contributed by atoms with van der Waals surface area (Å²) < 4.78 is 21.2. The van der Waals surface area contributed by atoms with E-state index in [2.05, 4.69) is 15.3 Å². The van der Waals surface area contributed by atoms with Crippen molar-refractivity contribution in [2.45, 2.75) is 32.6 Å². The van der Waals surface area contributed by atoms with Gasteiger partial charge in [-0.25, -0.2) is 9.97 Å². The fourth-order valence-electron chi connectivity index (χ4n) is 2.82. The Morgan fingerprint density at radius 2 is 1.81 bits per heavy atom. The Morgan fingerprint density at radius 3 is 2.48 bits per heavy atom. The van der Waals surface area contributed by atoms with Crippen LogP contribution in [0.5, 0.6) is 17.2 Å². The first kappa shape index (κ1) is 20.5. The summed E-state index contributed by atoms with van der Waals surface area (Å²) >= 11 is 0. The van der Waals surface area contributed by atoms with Gasteiger partial charge in [0.25, 0.3) is 0 Å². The second kappa shape index (κ2) is 10.4. The number of hydrogen-bond acceptors (Lipinski definition) is 8. The lowest BCUT2D eigenvalue weighted by Gasteiger charge is -2.15. The van der Waals surface area contributed by atoms with Gasteiger partial charge in [-0.2, -0.15) is 0 Å². The summed E-state index contributed by atoms with van der Waals surface area (Å²) in [6, 6.07) is 1.83. The van der Waals surface area contributed by atoms with Gasteiger partial charge in [-0.15, -0.1) is 0 Å². The van der Waals surface area contributed by atoms with Crippen molar-refractivity contribution in [2.24, 2.45) is 0 Å². The van der Waals surface area contributed by atoms with Crippen LogP contribution in [0.1, 0.15) is 32.6 Å². The SMILES string of the molecule is CCOC(=O)CCCCCNc1ncnc2c(OC)c(OC)c(OC)cc12. The summed E-state index contributed by atoms with van der Waals surface area (Å²) in [6.45, 7) is 2.97. The maximum absolute atomic E-state index is 11.3. The molecule has 0 saturated heterocycles. The number of esters is 1. The summed E-state index contributed by atoms with van der Waals surface area (Å²) in [5.41, 5.74) is 0.648. The van der Waals surface area contributed by atoms with Crippen LogP contribution in [0, 0.1) is 0 Å². The molecule has 1 aromatic carbocycles. The van der Waals surface area contributed by atoms with E-state index in [1.807, 2.05) is 13.0 Å². The lowest BCUT2D eigenvalue weighted by Crippen LogP contribution is -2.07. The van der Waals surface area contributed by atoms with E-state index in [0.29, 0.717) is 41.6 Å².